The van der Waals surface area contributed by atoms with Gasteiger partial charge >= 0.3 is 0 Å². The van der Waals surface area contributed by atoms with Crippen molar-refractivity contribution in [1.29, 1.82) is 0 Å². The van der Waals surface area contributed by atoms with Gasteiger partial charge in [0.15, 0.2) is 0 Å². The minimum Gasteiger partial charge on any atom is -0.377 e. The molecule has 3 rings (SSSR count). The van der Waals surface area contributed by atoms with Crippen molar-refractivity contribution in [3.8, 4) is 0 Å². The second-order valence-electron chi connectivity index (χ2n) is 8.24. The van der Waals surface area contributed by atoms with Crippen molar-refractivity contribution in [2.24, 2.45) is 11.3 Å². The number of pyridine rings is 1. The Hall–Kier alpha value is -2.01. The summed E-state index contributed by atoms with van der Waals surface area (Å²) in [6.45, 7) is 9.69. The summed E-state index contributed by atoms with van der Waals surface area (Å²) in [5.74, 6) is -0.209. The van der Waals surface area contributed by atoms with Crippen LogP contribution in [0.25, 0.3) is 10.9 Å². The highest BCUT2D eigenvalue weighted by Gasteiger charge is 2.35. The molecular formula is C21H27FN2O2. The zero-order valence-electron chi connectivity index (χ0n) is 15.9. The van der Waals surface area contributed by atoms with Gasteiger partial charge in [0.25, 0.3) is 5.91 Å². The number of carbonyl (C=O) groups excluding carboxylic acids is 1. The van der Waals surface area contributed by atoms with E-state index >= 15 is 0 Å². The van der Waals surface area contributed by atoms with Crippen LogP contribution in [0, 0.1) is 24.1 Å². The Labute approximate surface area is 154 Å². The van der Waals surface area contributed by atoms with E-state index in [0.29, 0.717) is 34.6 Å². The van der Waals surface area contributed by atoms with E-state index in [0.717, 1.165) is 19.4 Å². The molecule has 1 fully saturated rings. The number of rotatable bonds is 3. The summed E-state index contributed by atoms with van der Waals surface area (Å²) in [5.41, 5.74) is 1.77. The van der Waals surface area contributed by atoms with Crippen LogP contribution < -0.4 is 5.32 Å². The van der Waals surface area contributed by atoms with E-state index in [1.807, 2.05) is 6.92 Å². The molecule has 1 aromatic heterocycles. The van der Waals surface area contributed by atoms with Crippen LogP contribution in [0.15, 0.2) is 24.3 Å². The van der Waals surface area contributed by atoms with E-state index in [2.05, 4.69) is 31.1 Å². The van der Waals surface area contributed by atoms with E-state index in [-0.39, 0.29) is 23.2 Å². The van der Waals surface area contributed by atoms with Gasteiger partial charge in [-0.05, 0) is 43.4 Å². The van der Waals surface area contributed by atoms with Gasteiger partial charge in [0.2, 0.25) is 0 Å². The van der Waals surface area contributed by atoms with Crippen molar-refractivity contribution in [3.05, 3.63) is 41.3 Å². The number of aromatic nitrogens is 1. The first kappa shape index (κ1) is 18.8. The third-order valence-corrected chi connectivity index (χ3v) is 4.97. The highest BCUT2D eigenvalue weighted by atomic mass is 19.1. The van der Waals surface area contributed by atoms with Crippen molar-refractivity contribution in [1.82, 2.24) is 10.3 Å². The minimum absolute atomic E-state index is 0.0350. The van der Waals surface area contributed by atoms with Gasteiger partial charge in [-0.15, -0.1) is 0 Å². The lowest BCUT2D eigenvalue weighted by Crippen LogP contribution is -2.45. The van der Waals surface area contributed by atoms with Crippen molar-refractivity contribution >= 4 is 16.8 Å². The summed E-state index contributed by atoms with van der Waals surface area (Å²) in [7, 11) is 0. The van der Waals surface area contributed by atoms with Crippen molar-refractivity contribution in [2.45, 2.75) is 46.6 Å². The van der Waals surface area contributed by atoms with Crippen molar-refractivity contribution in [2.75, 3.05) is 13.2 Å². The smallest absolute Gasteiger partial charge is 0.252 e. The topological polar surface area (TPSA) is 51.2 Å². The normalized spacial score (nSPS) is 21.0. The number of amides is 1. The molecule has 1 saturated heterocycles. The predicted molar refractivity (Wildman–Crippen MR) is 101 cm³/mol. The summed E-state index contributed by atoms with van der Waals surface area (Å²) >= 11 is 0. The number of carbonyl (C=O) groups is 1. The van der Waals surface area contributed by atoms with Gasteiger partial charge in [-0.3, -0.25) is 9.78 Å². The average molecular weight is 358 g/mol. The molecule has 0 radical (unpaired) electrons. The Kier molecular flexibility index (Phi) is 5.28. The number of nitrogens with zero attached hydrogens (tertiary/aromatic N) is 1. The number of ether oxygens (including phenoxy) is 1. The molecule has 140 valence electrons. The van der Waals surface area contributed by atoms with Crippen LogP contribution in [0.4, 0.5) is 4.39 Å². The molecule has 2 heterocycles. The second kappa shape index (κ2) is 7.31. The predicted octanol–water partition coefficient (Wildman–Crippen LogP) is 4.25. The molecule has 2 aromatic rings. The van der Waals surface area contributed by atoms with Crippen LogP contribution in [0.1, 0.15) is 49.7 Å². The number of halogens is 1. The number of aryl methyl sites for hydroxylation is 1. The molecule has 1 N–H and O–H groups in total. The summed E-state index contributed by atoms with van der Waals surface area (Å²) in [6, 6.07) is 6.10. The molecule has 1 aliphatic heterocycles. The fourth-order valence-corrected chi connectivity index (χ4v) is 3.85. The molecule has 0 aliphatic carbocycles. The van der Waals surface area contributed by atoms with Crippen LogP contribution in [-0.4, -0.2) is 30.1 Å². The third-order valence-electron chi connectivity index (χ3n) is 4.97. The van der Waals surface area contributed by atoms with E-state index in [9.17, 15) is 9.18 Å². The zero-order valence-corrected chi connectivity index (χ0v) is 15.9. The molecule has 0 bridgehead atoms. The monoisotopic (exact) mass is 358 g/mol. The molecule has 2 unspecified atom stereocenters. The zero-order chi connectivity index (χ0) is 18.9. The Morgan fingerprint density at radius 2 is 2.12 bits per heavy atom. The van der Waals surface area contributed by atoms with Crippen LogP contribution >= 0.6 is 0 Å². The first-order valence-corrected chi connectivity index (χ1v) is 9.22. The Morgan fingerprint density at radius 3 is 2.85 bits per heavy atom. The summed E-state index contributed by atoms with van der Waals surface area (Å²) in [4.78, 5) is 17.2. The lowest BCUT2D eigenvalue weighted by molar-refractivity contribution is -0.0839. The van der Waals surface area contributed by atoms with Crippen molar-refractivity contribution in [3.63, 3.8) is 0 Å². The maximum absolute atomic E-state index is 13.5. The molecule has 5 heteroatoms. The summed E-state index contributed by atoms with van der Waals surface area (Å²) in [5, 5.41) is 3.73. The van der Waals surface area contributed by atoms with Crippen LogP contribution in [0.3, 0.4) is 0 Å². The Bertz CT molecular complexity index is 808. The standard InChI is InChI=1S/C21H27FN2O2/c1-13-10-17(16-8-7-15(22)11-18(16)24-13)20(25)23-12-14-6-5-9-26-19(14)21(2,3)4/h7-8,10-11,14,19H,5-6,9,12H2,1-4H3,(H,23,25). The van der Waals surface area contributed by atoms with E-state index in [1.54, 1.807) is 12.1 Å². The minimum atomic E-state index is -0.352. The molecule has 26 heavy (non-hydrogen) atoms. The molecule has 0 saturated carbocycles. The third kappa shape index (κ3) is 4.04. The lowest BCUT2D eigenvalue weighted by Gasteiger charge is -2.40. The molecule has 1 aromatic carbocycles. The fraction of sp³-hybridized carbons (Fsp3) is 0.524. The van der Waals surface area contributed by atoms with Gasteiger partial charge in [-0.2, -0.15) is 0 Å². The first-order valence-electron chi connectivity index (χ1n) is 9.22. The SMILES string of the molecule is Cc1cc(C(=O)NCC2CCCOC2C(C)(C)C)c2ccc(F)cc2n1. The van der Waals surface area contributed by atoms with Crippen LogP contribution in [0.2, 0.25) is 0 Å². The van der Waals surface area contributed by atoms with Gasteiger partial charge in [-0.25, -0.2) is 4.39 Å². The largest absolute Gasteiger partial charge is 0.377 e. The summed E-state index contributed by atoms with van der Waals surface area (Å²) < 4.78 is 19.5. The highest BCUT2D eigenvalue weighted by Crippen LogP contribution is 2.33. The first-order chi connectivity index (χ1) is 12.3. The number of nitrogens with one attached hydrogen (secondary N) is 1. The van der Waals surface area contributed by atoms with E-state index in [1.165, 1.54) is 12.1 Å². The van der Waals surface area contributed by atoms with Gasteiger partial charge < -0.3 is 10.1 Å². The molecule has 1 aliphatic rings. The van der Waals surface area contributed by atoms with E-state index < -0.39 is 0 Å². The molecule has 0 spiro atoms. The van der Waals surface area contributed by atoms with Crippen LogP contribution in [0.5, 0.6) is 0 Å². The second-order valence-corrected chi connectivity index (χ2v) is 8.24. The maximum Gasteiger partial charge on any atom is 0.252 e. The number of benzene rings is 1. The van der Waals surface area contributed by atoms with Gasteiger partial charge in [-0.1, -0.05) is 20.8 Å². The van der Waals surface area contributed by atoms with Crippen molar-refractivity contribution < 1.29 is 13.9 Å². The van der Waals surface area contributed by atoms with Gasteiger partial charge in [0.1, 0.15) is 5.82 Å². The number of fused-ring (bicyclic) bond motifs is 1. The molecule has 1 amide bonds. The van der Waals surface area contributed by atoms with Crippen LogP contribution in [-0.2, 0) is 4.74 Å². The quantitative estimate of drug-likeness (QED) is 0.892. The molecular weight excluding hydrogens is 331 g/mol. The number of hydrogen-bond donors (Lipinski definition) is 1. The highest BCUT2D eigenvalue weighted by molar-refractivity contribution is 6.06. The number of hydrogen-bond acceptors (Lipinski definition) is 3. The molecule has 4 nitrogen and oxygen atoms in total. The van der Waals surface area contributed by atoms with E-state index in [4.69, 9.17) is 4.74 Å². The fourth-order valence-electron chi connectivity index (χ4n) is 3.85. The summed E-state index contributed by atoms with van der Waals surface area (Å²) in [6.07, 6.45) is 2.19. The lowest BCUT2D eigenvalue weighted by atomic mass is 9.78. The molecule has 2 atom stereocenters. The average Bonchev–Trinajstić information content (AvgIpc) is 2.58. The Balaban J connectivity index is 1.79. The Morgan fingerprint density at radius 1 is 1.35 bits per heavy atom. The van der Waals surface area contributed by atoms with Gasteiger partial charge in [0, 0.05) is 36.2 Å². The van der Waals surface area contributed by atoms with Gasteiger partial charge in [0.05, 0.1) is 17.2 Å². The maximum atomic E-state index is 13.5.